The average molecular weight is 339 g/mol. The first-order chi connectivity index (χ1) is 12.7. The lowest BCUT2D eigenvalue weighted by molar-refractivity contribution is 1.07. The van der Waals surface area contributed by atoms with Crippen molar-refractivity contribution in [2.75, 3.05) is 19.0 Å². The smallest absolute Gasteiger partial charge is 0.138 e. The number of benzene rings is 3. The molecule has 0 amide bonds. The Morgan fingerprint density at radius 3 is 2.19 bits per heavy atom. The van der Waals surface area contributed by atoms with Crippen molar-refractivity contribution in [1.29, 1.82) is 0 Å². The van der Waals surface area contributed by atoms with Gasteiger partial charge >= 0.3 is 0 Å². The minimum Gasteiger partial charge on any atom is -0.378 e. The Bertz CT molecular complexity index is 1040. The monoisotopic (exact) mass is 339 g/mol. The molecular formula is C23H21N3. The summed E-state index contributed by atoms with van der Waals surface area (Å²) in [6.07, 6.45) is 4.19. The quantitative estimate of drug-likeness (QED) is 0.505. The summed E-state index contributed by atoms with van der Waals surface area (Å²) < 4.78 is 2.19. The number of aromatic nitrogens is 2. The Morgan fingerprint density at radius 2 is 1.46 bits per heavy atom. The summed E-state index contributed by atoms with van der Waals surface area (Å²) in [4.78, 5) is 6.92. The van der Waals surface area contributed by atoms with Gasteiger partial charge in [-0.15, -0.1) is 0 Å². The third-order valence-corrected chi connectivity index (χ3v) is 4.44. The molecule has 1 aromatic heterocycles. The molecule has 0 bridgehead atoms. The van der Waals surface area contributed by atoms with E-state index in [2.05, 4.69) is 88.3 Å². The Labute approximate surface area is 153 Å². The van der Waals surface area contributed by atoms with Crippen molar-refractivity contribution in [2.24, 2.45) is 0 Å². The zero-order valence-electron chi connectivity index (χ0n) is 15.0. The third kappa shape index (κ3) is 3.11. The highest BCUT2D eigenvalue weighted by atomic mass is 15.1. The van der Waals surface area contributed by atoms with Gasteiger partial charge in [-0.1, -0.05) is 48.5 Å². The van der Waals surface area contributed by atoms with Crippen molar-refractivity contribution < 1.29 is 0 Å². The summed E-state index contributed by atoms with van der Waals surface area (Å²) in [5, 5.41) is 0. The van der Waals surface area contributed by atoms with Crippen molar-refractivity contribution in [2.45, 2.75) is 0 Å². The normalized spacial score (nSPS) is 11.3. The SMILES string of the molecule is CN(C)c1ccc(C=Cc2nc3ccccc3n2-c2ccccc2)cc1. The van der Waals surface area contributed by atoms with Gasteiger partial charge in [0.2, 0.25) is 0 Å². The van der Waals surface area contributed by atoms with Crippen LogP contribution in [-0.2, 0) is 0 Å². The molecule has 0 N–H and O–H groups in total. The number of fused-ring (bicyclic) bond motifs is 1. The highest BCUT2D eigenvalue weighted by Crippen LogP contribution is 2.23. The number of para-hydroxylation sites is 3. The van der Waals surface area contributed by atoms with Gasteiger partial charge in [0.1, 0.15) is 5.82 Å². The molecule has 0 fully saturated rings. The van der Waals surface area contributed by atoms with E-state index < -0.39 is 0 Å². The molecule has 3 aromatic carbocycles. The van der Waals surface area contributed by atoms with Gasteiger partial charge in [-0.25, -0.2) is 4.98 Å². The van der Waals surface area contributed by atoms with Crippen LogP contribution in [0, 0.1) is 0 Å². The summed E-state index contributed by atoms with van der Waals surface area (Å²) in [5.41, 5.74) is 5.57. The van der Waals surface area contributed by atoms with Gasteiger partial charge in [0.05, 0.1) is 11.0 Å². The van der Waals surface area contributed by atoms with Gasteiger partial charge < -0.3 is 4.90 Å². The van der Waals surface area contributed by atoms with Crippen molar-refractivity contribution in [1.82, 2.24) is 9.55 Å². The Morgan fingerprint density at radius 1 is 0.769 bits per heavy atom. The van der Waals surface area contributed by atoms with Crippen LogP contribution in [0.1, 0.15) is 11.4 Å². The van der Waals surface area contributed by atoms with Crippen molar-refractivity contribution >= 4 is 28.9 Å². The van der Waals surface area contributed by atoms with E-state index in [1.54, 1.807) is 0 Å². The molecule has 26 heavy (non-hydrogen) atoms. The van der Waals surface area contributed by atoms with Gasteiger partial charge in [-0.05, 0) is 48.0 Å². The summed E-state index contributed by atoms with van der Waals surface area (Å²) in [6, 6.07) is 27.1. The number of hydrogen-bond acceptors (Lipinski definition) is 2. The minimum absolute atomic E-state index is 0.925. The molecule has 0 aliphatic carbocycles. The molecule has 4 rings (SSSR count). The number of rotatable bonds is 4. The summed E-state index contributed by atoms with van der Waals surface area (Å²) in [7, 11) is 4.10. The van der Waals surface area contributed by atoms with Crippen LogP contribution in [0.5, 0.6) is 0 Å². The zero-order chi connectivity index (χ0) is 17.9. The van der Waals surface area contributed by atoms with Crippen LogP contribution in [0.15, 0.2) is 78.9 Å². The van der Waals surface area contributed by atoms with E-state index >= 15 is 0 Å². The van der Waals surface area contributed by atoms with E-state index in [1.807, 2.05) is 26.2 Å². The highest BCUT2D eigenvalue weighted by molar-refractivity contribution is 5.82. The molecule has 4 aromatic rings. The van der Waals surface area contributed by atoms with Crippen LogP contribution in [0.4, 0.5) is 5.69 Å². The average Bonchev–Trinajstić information content (AvgIpc) is 3.05. The van der Waals surface area contributed by atoms with E-state index in [1.165, 1.54) is 5.69 Å². The molecule has 0 spiro atoms. The van der Waals surface area contributed by atoms with Gasteiger partial charge in [-0.2, -0.15) is 0 Å². The van der Waals surface area contributed by atoms with Gasteiger partial charge in [-0.3, -0.25) is 4.57 Å². The molecule has 0 unspecified atom stereocenters. The van der Waals surface area contributed by atoms with E-state index in [9.17, 15) is 0 Å². The minimum atomic E-state index is 0.925. The van der Waals surface area contributed by atoms with Crippen LogP contribution in [0.3, 0.4) is 0 Å². The molecule has 0 aliphatic heterocycles. The van der Waals surface area contributed by atoms with Crippen molar-refractivity contribution in [3.8, 4) is 5.69 Å². The van der Waals surface area contributed by atoms with Crippen LogP contribution >= 0.6 is 0 Å². The lowest BCUT2D eigenvalue weighted by atomic mass is 10.2. The maximum atomic E-state index is 4.82. The lowest BCUT2D eigenvalue weighted by Gasteiger charge is -2.11. The molecule has 1 heterocycles. The largest absolute Gasteiger partial charge is 0.378 e. The van der Waals surface area contributed by atoms with Crippen LogP contribution < -0.4 is 4.90 Å². The molecule has 3 heteroatoms. The Balaban J connectivity index is 1.76. The first kappa shape index (κ1) is 16.2. The molecule has 0 atom stereocenters. The van der Waals surface area contributed by atoms with Gasteiger partial charge in [0.15, 0.2) is 0 Å². The molecule has 0 saturated carbocycles. The second-order valence-electron chi connectivity index (χ2n) is 6.45. The second-order valence-corrected chi connectivity index (χ2v) is 6.45. The molecule has 0 aliphatic rings. The van der Waals surface area contributed by atoms with Crippen LogP contribution in [0.2, 0.25) is 0 Å². The second kappa shape index (κ2) is 6.89. The fourth-order valence-corrected chi connectivity index (χ4v) is 3.06. The van der Waals surface area contributed by atoms with Crippen molar-refractivity contribution in [3.63, 3.8) is 0 Å². The third-order valence-electron chi connectivity index (χ3n) is 4.44. The van der Waals surface area contributed by atoms with E-state index in [-0.39, 0.29) is 0 Å². The Hall–Kier alpha value is -3.33. The van der Waals surface area contributed by atoms with Gasteiger partial charge in [0.25, 0.3) is 0 Å². The number of nitrogens with zero attached hydrogens (tertiary/aromatic N) is 3. The number of imidazole rings is 1. The maximum absolute atomic E-state index is 4.82. The standard InChI is InChI=1S/C23H21N3/c1-25(2)19-15-12-18(13-16-19)14-17-23-24-21-10-6-7-11-22(21)26(23)20-8-4-3-5-9-20/h3-17H,1-2H3. The fraction of sp³-hybridized carbons (Fsp3) is 0.0870. The summed E-state index contributed by atoms with van der Waals surface area (Å²) >= 11 is 0. The molecule has 0 radical (unpaired) electrons. The highest BCUT2D eigenvalue weighted by Gasteiger charge is 2.09. The molecular weight excluding hydrogens is 318 g/mol. The van der Waals surface area contributed by atoms with Crippen LogP contribution in [0.25, 0.3) is 28.9 Å². The molecule has 3 nitrogen and oxygen atoms in total. The lowest BCUT2D eigenvalue weighted by Crippen LogP contribution is -2.07. The molecule has 0 saturated heterocycles. The molecule has 128 valence electrons. The maximum Gasteiger partial charge on any atom is 0.138 e. The zero-order valence-corrected chi connectivity index (χ0v) is 15.0. The topological polar surface area (TPSA) is 21.1 Å². The number of anilines is 1. The number of hydrogen-bond donors (Lipinski definition) is 0. The van der Waals surface area contributed by atoms with Crippen molar-refractivity contribution in [3.05, 3.63) is 90.3 Å². The fourth-order valence-electron chi connectivity index (χ4n) is 3.06. The van der Waals surface area contributed by atoms with E-state index in [0.717, 1.165) is 28.1 Å². The van der Waals surface area contributed by atoms with E-state index in [4.69, 9.17) is 4.98 Å². The predicted octanol–water partition coefficient (Wildman–Crippen LogP) is 5.26. The first-order valence-corrected chi connectivity index (χ1v) is 8.71. The Kier molecular flexibility index (Phi) is 4.28. The van der Waals surface area contributed by atoms with Crippen LogP contribution in [-0.4, -0.2) is 23.6 Å². The summed E-state index contributed by atoms with van der Waals surface area (Å²) in [5.74, 6) is 0.925. The van der Waals surface area contributed by atoms with E-state index in [0.29, 0.717) is 0 Å². The summed E-state index contributed by atoms with van der Waals surface area (Å²) in [6.45, 7) is 0. The first-order valence-electron chi connectivity index (χ1n) is 8.71. The van der Waals surface area contributed by atoms with Gasteiger partial charge in [0, 0.05) is 25.5 Å². The predicted molar refractivity (Wildman–Crippen MR) is 111 cm³/mol.